The van der Waals surface area contributed by atoms with E-state index in [0.29, 0.717) is 12.0 Å². The monoisotopic (exact) mass is 436 g/mol. The molecule has 0 saturated carbocycles. The number of hydrogen-bond acceptors (Lipinski definition) is 5. The van der Waals surface area contributed by atoms with Crippen molar-refractivity contribution in [3.8, 4) is 5.75 Å². The SMILES string of the molecule is COCC(=O)N(Cc1cccc(C(F)(F)F)c1)C[C@@H]1CC(c2ccc(OC)cc2)=NO1. The Labute approximate surface area is 178 Å². The largest absolute Gasteiger partial charge is 0.497 e. The molecule has 0 spiro atoms. The van der Waals surface area contributed by atoms with E-state index in [2.05, 4.69) is 5.16 Å². The summed E-state index contributed by atoms with van der Waals surface area (Å²) < 4.78 is 49.1. The quantitative estimate of drug-likeness (QED) is 0.630. The first kappa shape index (κ1) is 22.6. The molecule has 0 aliphatic carbocycles. The van der Waals surface area contributed by atoms with Gasteiger partial charge in [0.05, 0.1) is 24.9 Å². The van der Waals surface area contributed by atoms with Crippen molar-refractivity contribution in [2.45, 2.75) is 25.2 Å². The van der Waals surface area contributed by atoms with Crippen molar-refractivity contribution in [1.29, 1.82) is 0 Å². The molecule has 1 amide bonds. The van der Waals surface area contributed by atoms with Gasteiger partial charge in [-0.2, -0.15) is 13.2 Å². The summed E-state index contributed by atoms with van der Waals surface area (Å²) in [5, 5.41) is 4.11. The number of amides is 1. The summed E-state index contributed by atoms with van der Waals surface area (Å²) in [6.07, 6.45) is -4.40. The standard InChI is InChI=1S/C22H23F3N2O4/c1-29-14-21(28)27(12-15-4-3-5-17(10-15)22(23,24)25)13-19-11-20(26-31-19)16-6-8-18(30-2)9-7-16/h3-10,19H,11-14H2,1-2H3/t19-/m0/s1. The lowest BCUT2D eigenvalue weighted by Gasteiger charge is -2.25. The van der Waals surface area contributed by atoms with Gasteiger partial charge in [0.1, 0.15) is 12.4 Å². The fraction of sp³-hybridized carbons (Fsp3) is 0.364. The van der Waals surface area contributed by atoms with Crippen molar-refractivity contribution in [1.82, 2.24) is 4.90 Å². The van der Waals surface area contributed by atoms with Gasteiger partial charge in [-0.25, -0.2) is 0 Å². The number of rotatable bonds is 8. The minimum atomic E-state index is -4.45. The minimum absolute atomic E-state index is 0.00381. The van der Waals surface area contributed by atoms with Gasteiger partial charge in [-0.15, -0.1) is 0 Å². The predicted molar refractivity (Wildman–Crippen MR) is 108 cm³/mol. The Morgan fingerprint density at radius 2 is 1.94 bits per heavy atom. The van der Waals surface area contributed by atoms with E-state index < -0.39 is 17.8 Å². The van der Waals surface area contributed by atoms with Crippen molar-refractivity contribution in [3.05, 3.63) is 65.2 Å². The average Bonchev–Trinajstić information content (AvgIpc) is 3.22. The molecule has 1 aliphatic heterocycles. The van der Waals surface area contributed by atoms with Gasteiger partial charge in [0.2, 0.25) is 5.91 Å². The molecular formula is C22H23F3N2O4. The number of benzene rings is 2. The molecule has 1 aliphatic rings. The molecular weight excluding hydrogens is 413 g/mol. The summed E-state index contributed by atoms with van der Waals surface area (Å²) >= 11 is 0. The van der Waals surface area contributed by atoms with E-state index in [4.69, 9.17) is 14.3 Å². The molecule has 0 aromatic heterocycles. The van der Waals surface area contributed by atoms with Gasteiger partial charge >= 0.3 is 6.18 Å². The lowest BCUT2D eigenvalue weighted by molar-refractivity contribution is -0.137. The molecule has 2 aromatic rings. The van der Waals surface area contributed by atoms with E-state index in [9.17, 15) is 18.0 Å². The molecule has 0 radical (unpaired) electrons. The number of ether oxygens (including phenoxy) is 2. The van der Waals surface area contributed by atoms with Crippen LogP contribution in [-0.4, -0.2) is 50.0 Å². The molecule has 0 bridgehead atoms. The Morgan fingerprint density at radius 1 is 1.19 bits per heavy atom. The number of hydrogen-bond donors (Lipinski definition) is 0. The number of carbonyl (C=O) groups is 1. The lowest BCUT2D eigenvalue weighted by Crippen LogP contribution is -2.39. The highest BCUT2D eigenvalue weighted by molar-refractivity contribution is 6.01. The summed E-state index contributed by atoms with van der Waals surface area (Å²) in [6.45, 7) is -0.0106. The summed E-state index contributed by atoms with van der Waals surface area (Å²) in [5.74, 6) is 0.374. The highest BCUT2D eigenvalue weighted by Gasteiger charge is 2.31. The second-order valence-corrected chi connectivity index (χ2v) is 7.10. The zero-order valence-electron chi connectivity index (χ0n) is 17.2. The third-order valence-corrected chi connectivity index (χ3v) is 4.83. The molecule has 0 N–H and O–H groups in total. The molecule has 0 fully saturated rings. The van der Waals surface area contributed by atoms with Gasteiger partial charge in [-0.05, 0) is 47.5 Å². The van der Waals surface area contributed by atoms with Crippen LogP contribution >= 0.6 is 0 Å². The van der Waals surface area contributed by atoms with Crippen LogP contribution in [0.25, 0.3) is 0 Å². The molecule has 6 nitrogen and oxygen atoms in total. The third kappa shape index (κ3) is 5.97. The number of nitrogens with zero attached hydrogens (tertiary/aromatic N) is 2. The molecule has 2 aromatic carbocycles. The Balaban J connectivity index is 1.68. The summed E-state index contributed by atoms with van der Waals surface area (Å²) in [6, 6.07) is 12.3. The first-order valence-corrected chi connectivity index (χ1v) is 9.60. The fourth-order valence-electron chi connectivity index (χ4n) is 3.26. The maximum atomic E-state index is 13.0. The second-order valence-electron chi connectivity index (χ2n) is 7.10. The van der Waals surface area contributed by atoms with Crippen LogP contribution in [0.4, 0.5) is 13.2 Å². The Kier molecular flexibility index (Phi) is 7.17. The van der Waals surface area contributed by atoms with E-state index in [1.165, 1.54) is 18.1 Å². The van der Waals surface area contributed by atoms with Crippen molar-refractivity contribution in [3.63, 3.8) is 0 Å². The van der Waals surface area contributed by atoms with Gasteiger partial charge in [0.25, 0.3) is 0 Å². The van der Waals surface area contributed by atoms with Crippen molar-refractivity contribution < 1.29 is 32.3 Å². The van der Waals surface area contributed by atoms with Gasteiger partial charge in [-0.3, -0.25) is 4.79 Å². The topological polar surface area (TPSA) is 60.4 Å². The maximum Gasteiger partial charge on any atom is 0.416 e. The summed E-state index contributed by atoms with van der Waals surface area (Å²) in [4.78, 5) is 19.4. The van der Waals surface area contributed by atoms with Crippen molar-refractivity contribution in [2.75, 3.05) is 27.4 Å². The molecule has 0 unspecified atom stereocenters. The summed E-state index contributed by atoms with van der Waals surface area (Å²) in [5.41, 5.74) is 1.21. The van der Waals surface area contributed by atoms with Crippen LogP contribution in [-0.2, 0) is 27.1 Å². The smallest absolute Gasteiger partial charge is 0.416 e. The fourth-order valence-corrected chi connectivity index (χ4v) is 3.26. The molecule has 3 rings (SSSR count). The highest BCUT2D eigenvalue weighted by Crippen LogP contribution is 2.30. The van der Waals surface area contributed by atoms with E-state index in [1.807, 2.05) is 24.3 Å². The third-order valence-electron chi connectivity index (χ3n) is 4.83. The van der Waals surface area contributed by atoms with Crippen LogP contribution in [0.15, 0.2) is 53.7 Å². The molecule has 1 atom stereocenters. The van der Waals surface area contributed by atoms with E-state index in [1.54, 1.807) is 13.2 Å². The molecule has 31 heavy (non-hydrogen) atoms. The Morgan fingerprint density at radius 3 is 2.58 bits per heavy atom. The summed E-state index contributed by atoms with van der Waals surface area (Å²) in [7, 11) is 2.97. The first-order valence-electron chi connectivity index (χ1n) is 9.60. The van der Waals surface area contributed by atoms with Gasteiger partial charge in [-0.1, -0.05) is 17.3 Å². The van der Waals surface area contributed by atoms with Gasteiger partial charge in [0, 0.05) is 20.1 Å². The molecule has 9 heteroatoms. The van der Waals surface area contributed by atoms with Crippen LogP contribution < -0.4 is 4.74 Å². The van der Waals surface area contributed by atoms with Crippen LogP contribution in [0.5, 0.6) is 5.75 Å². The average molecular weight is 436 g/mol. The normalized spacial score (nSPS) is 15.9. The maximum absolute atomic E-state index is 13.0. The van der Waals surface area contributed by atoms with Crippen LogP contribution in [0.3, 0.4) is 0 Å². The number of carbonyl (C=O) groups excluding carboxylic acids is 1. The van der Waals surface area contributed by atoms with E-state index >= 15 is 0 Å². The highest BCUT2D eigenvalue weighted by atomic mass is 19.4. The number of halogens is 3. The van der Waals surface area contributed by atoms with Gasteiger partial charge in [0.15, 0.2) is 6.10 Å². The Hall–Kier alpha value is -3.07. The van der Waals surface area contributed by atoms with E-state index in [-0.39, 0.29) is 25.6 Å². The molecule has 0 saturated heterocycles. The lowest BCUT2D eigenvalue weighted by atomic mass is 10.0. The van der Waals surface area contributed by atoms with Crippen molar-refractivity contribution >= 4 is 11.6 Å². The molecule has 1 heterocycles. The van der Waals surface area contributed by atoms with E-state index in [0.717, 1.165) is 29.2 Å². The molecule has 166 valence electrons. The van der Waals surface area contributed by atoms with Crippen LogP contribution in [0.1, 0.15) is 23.1 Å². The zero-order chi connectivity index (χ0) is 22.4. The predicted octanol–water partition coefficient (Wildman–Crippen LogP) is 3.88. The van der Waals surface area contributed by atoms with Gasteiger partial charge < -0.3 is 19.2 Å². The number of methoxy groups -OCH3 is 2. The second kappa shape index (κ2) is 9.82. The van der Waals surface area contributed by atoms with Crippen molar-refractivity contribution in [2.24, 2.45) is 5.16 Å². The number of oxime groups is 1. The first-order chi connectivity index (χ1) is 14.8. The number of alkyl halides is 3. The zero-order valence-corrected chi connectivity index (χ0v) is 17.2. The minimum Gasteiger partial charge on any atom is -0.497 e. The Bertz CT molecular complexity index is 929. The van der Waals surface area contributed by atoms with Crippen LogP contribution in [0.2, 0.25) is 0 Å². The van der Waals surface area contributed by atoms with Crippen LogP contribution in [0, 0.1) is 0 Å².